The summed E-state index contributed by atoms with van der Waals surface area (Å²) in [4.78, 5) is 53.3. The van der Waals surface area contributed by atoms with Gasteiger partial charge in [-0.15, -0.1) is 0 Å². The zero-order valence-corrected chi connectivity index (χ0v) is 20.6. The van der Waals surface area contributed by atoms with Gasteiger partial charge in [-0.05, 0) is 43.3 Å². The average Bonchev–Trinajstić information content (AvgIpc) is 2.94. The molecular formula is C27H25FN6O4. The number of hydrogen-bond donors (Lipinski definition) is 1. The maximum atomic E-state index is 14.3. The number of nitrogens with zero attached hydrogens (tertiary/aromatic N) is 5. The third-order valence-corrected chi connectivity index (χ3v) is 6.30. The number of halogens is 1. The first kappa shape index (κ1) is 24.9. The summed E-state index contributed by atoms with van der Waals surface area (Å²) in [5, 5.41) is 0. The van der Waals surface area contributed by atoms with Crippen LogP contribution in [-0.4, -0.2) is 63.1 Å². The summed E-state index contributed by atoms with van der Waals surface area (Å²) in [5.41, 5.74) is -0.462. The largest absolute Gasteiger partial charge is 0.494 e. The number of piperazine rings is 1. The van der Waals surface area contributed by atoms with Crippen LogP contribution in [0.5, 0.6) is 5.75 Å². The van der Waals surface area contributed by atoms with Crippen LogP contribution in [0.3, 0.4) is 0 Å². The van der Waals surface area contributed by atoms with E-state index in [-0.39, 0.29) is 11.3 Å². The summed E-state index contributed by atoms with van der Waals surface area (Å²) in [7, 11) is 0. The predicted molar refractivity (Wildman–Crippen MR) is 139 cm³/mol. The lowest BCUT2D eigenvalue weighted by Crippen LogP contribution is -2.50. The monoisotopic (exact) mass is 516 g/mol. The fourth-order valence-electron chi connectivity index (χ4n) is 4.35. The third-order valence-electron chi connectivity index (χ3n) is 6.30. The quantitative estimate of drug-likeness (QED) is 0.419. The molecule has 0 aliphatic carbocycles. The predicted octanol–water partition coefficient (Wildman–Crippen LogP) is 2.48. The molecule has 0 radical (unpaired) electrons. The fourth-order valence-corrected chi connectivity index (χ4v) is 4.35. The van der Waals surface area contributed by atoms with Crippen LogP contribution in [-0.2, 0) is 0 Å². The number of anilines is 1. The molecule has 1 saturated heterocycles. The number of aromatic nitrogens is 4. The van der Waals surface area contributed by atoms with Gasteiger partial charge < -0.3 is 19.5 Å². The molecule has 0 unspecified atom stereocenters. The number of ether oxygens (including phenoxy) is 1. The molecule has 1 N–H and O–H groups in total. The maximum absolute atomic E-state index is 14.3. The average molecular weight is 517 g/mol. The number of carbonyl (C=O) groups is 1. The Kier molecular flexibility index (Phi) is 6.98. The number of amides is 1. The van der Waals surface area contributed by atoms with E-state index >= 15 is 0 Å². The smallest absolute Gasteiger partial charge is 0.333 e. The molecule has 1 aliphatic rings. The Morgan fingerprint density at radius 1 is 1.03 bits per heavy atom. The Balaban J connectivity index is 1.31. The van der Waals surface area contributed by atoms with Gasteiger partial charge in [0.2, 0.25) is 0 Å². The van der Waals surface area contributed by atoms with Crippen LogP contribution < -0.4 is 20.9 Å². The van der Waals surface area contributed by atoms with Gasteiger partial charge in [-0.1, -0.05) is 12.1 Å². The number of nitrogens with one attached hydrogen (secondary N) is 1. The molecule has 3 heterocycles. The molecule has 194 valence electrons. The van der Waals surface area contributed by atoms with E-state index in [1.165, 1.54) is 29.4 Å². The number of hydrogen-bond acceptors (Lipinski definition) is 7. The maximum Gasteiger partial charge on any atom is 0.333 e. The number of carbonyl (C=O) groups excluding carboxylic acids is 1. The second kappa shape index (κ2) is 10.7. The van der Waals surface area contributed by atoms with Crippen molar-refractivity contribution in [2.45, 2.75) is 6.92 Å². The van der Waals surface area contributed by atoms with E-state index in [4.69, 9.17) is 4.74 Å². The van der Waals surface area contributed by atoms with Crippen LogP contribution >= 0.6 is 0 Å². The third kappa shape index (κ3) is 4.90. The molecule has 10 nitrogen and oxygen atoms in total. The summed E-state index contributed by atoms with van der Waals surface area (Å²) in [6, 6.07) is 15.0. The summed E-state index contributed by atoms with van der Waals surface area (Å²) in [5.74, 6) is 0.234. The molecule has 5 rings (SSSR count). The second-order valence-electron chi connectivity index (χ2n) is 8.60. The highest BCUT2D eigenvalue weighted by Crippen LogP contribution is 2.24. The topological polar surface area (TPSA) is 113 Å². The zero-order valence-electron chi connectivity index (χ0n) is 20.6. The minimum Gasteiger partial charge on any atom is -0.494 e. The summed E-state index contributed by atoms with van der Waals surface area (Å²) >= 11 is 0. The van der Waals surface area contributed by atoms with Crippen molar-refractivity contribution in [1.82, 2.24) is 24.4 Å². The first-order valence-corrected chi connectivity index (χ1v) is 12.2. The van der Waals surface area contributed by atoms with Crippen molar-refractivity contribution < 1.29 is 13.9 Å². The number of para-hydroxylation sites is 1. The van der Waals surface area contributed by atoms with Crippen LogP contribution in [0.1, 0.15) is 17.3 Å². The Bertz CT molecular complexity index is 1580. The van der Waals surface area contributed by atoms with Crippen LogP contribution in [0.2, 0.25) is 0 Å². The van der Waals surface area contributed by atoms with E-state index in [2.05, 4.69) is 15.0 Å². The van der Waals surface area contributed by atoms with Gasteiger partial charge >= 0.3 is 5.69 Å². The molecular weight excluding hydrogens is 491 g/mol. The van der Waals surface area contributed by atoms with Crippen LogP contribution in [0.25, 0.3) is 16.9 Å². The highest BCUT2D eigenvalue weighted by Gasteiger charge is 2.26. The van der Waals surface area contributed by atoms with Gasteiger partial charge in [-0.3, -0.25) is 9.59 Å². The molecule has 1 amide bonds. The van der Waals surface area contributed by atoms with Crippen molar-refractivity contribution in [3.63, 3.8) is 0 Å². The van der Waals surface area contributed by atoms with Crippen molar-refractivity contribution in [2.24, 2.45) is 0 Å². The van der Waals surface area contributed by atoms with E-state index in [0.717, 1.165) is 35.1 Å². The molecule has 1 aliphatic heterocycles. The lowest BCUT2D eigenvalue weighted by Gasteiger charge is -2.35. The van der Waals surface area contributed by atoms with Crippen molar-refractivity contribution in [3.8, 4) is 22.7 Å². The van der Waals surface area contributed by atoms with E-state index < -0.39 is 23.0 Å². The number of H-pyrrole nitrogens is 1. The molecule has 0 saturated carbocycles. The van der Waals surface area contributed by atoms with Gasteiger partial charge in [0.25, 0.3) is 11.5 Å². The Hall–Kier alpha value is -4.80. The minimum absolute atomic E-state index is 0.217. The van der Waals surface area contributed by atoms with Crippen molar-refractivity contribution in [3.05, 3.63) is 99.3 Å². The molecule has 2 aromatic carbocycles. The Labute approximate surface area is 217 Å². The van der Waals surface area contributed by atoms with Crippen molar-refractivity contribution in [1.29, 1.82) is 0 Å². The van der Waals surface area contributed by atoms with Crippen LogP contribution in [0.4, 0.5) is 10.2 Å². The molecule has 0 atom stereocenters. The molecule has 0 spiro atoms. The van der Waals surface area contributed by atoms with Gasteiger partial charge in [0, 0.05) is 44.0 Å². The van der Waals surface area contributed by atoms with Gasteiger partial charge in [-0.2, -0.15) is 0 Å². The lowest BCUT2D eigenvalue weighted by molar-refractivity contribution is 0.0743. The van der Waals surface area contributed by atoms with E-state index in [1.807, 2.05) is 42.2 Å². The van der Waals surface area contributed by atoms with Gasteiger partial charge in [0.15, 0.2) is 0 Å². The SMILES string of the molecule is CCOc1ccc(-c2cc(N3CCN(C(=O)c4c[nH]c(=O)n(-c5ccccc5F)c4=O)CC3)ncn2)cc1. The summed E-state index contributed by atoms with van der Waals surface area (Å²) in [6.45, 7) is 4.15. The number of rotatable bonds is 6. The van der Waals surface area contributed by atoms with Gasteiger partial charge in [0.05, 0.1) is 18.0 Å². The number of aromatic amines is 1. The Morgan fingerprint density at radius 2 is 1.76 bits per heavy atom. The normalized spacial score (nSPS) is 13.4. The summed E-state index contributed by atoms with van der Waals surface area (Å²) < 4.78 is 20.4. The minimum atomic E-state index is -0.873. The molecule has 11 heteroatoms. The van der Waals surface area contributed by atoms with E-state index in [1.54, 1.807) is 0 Å². The molecule has 0 bridgehead atoms. The van der Waals surface area contributed by atoms with Crippen LogP contribution in [0, 0.1) is 5.82 Å². The molecule has 38 heavy (non-hydrogen) atoms. The van der Waals surface area contributed by atoms with Crippen LogP contribution in [0.15, 0.2) is 76.7 Å². The molecule has 2 aromatic heterocycles. The second-order valence-corrected chi connectivity index (χ2v) is 8.60. The standard InChI is InChI=1S/C27H25FN6O4/c1-2-38-19-9-7-18(8-10-19)22-15-24(31-17-30-22)32-11-13-33(14-12-32)25(35)20-16-29-27(37)34(26(20)36)23-6-4-3-5-21(23)28/h3-10,15-17H,2,11-14H2,1H3,(H,29,37). The lowest BCUT2D eigenvalue weighted by atomic mass is 10.1. The van der Waals surface area contributed by atoms with E-state index in [0.29, 0.717) is 37.4 Å². The van der Waals surface area contributed by atoms with Crippen molar-refractivity contribution >= 4 is 11.7 Å². The Morgan fingerprint density at radius 3 is 2.47 bits per heavy atom. The van der Waals surface area contributed by atoms with Gasteiger partial charge in [0.1, 0.15) is 29.3 Å². The van der Waals surface area contributed by atoms with Crippen molar-refractivity contribution in [2.75, 3.05) is 37.7 Å². The molecule has 1 fully saturated rings. The fraction of sp³-hybridized carbons (Fsp3) is 0.222. The van der Waals surface area contributed by atoms with Gasteiger partial charge in [-0.25, -0.2) is 23.7 Å². The highest BCUT2D eigenvalue weighted by atomic mass is 19.1. The number of benzene rings is 2. The molecule has 4 aromatic rings. The highest BCUT2D eigenvalue weighted by molar-refractivity contribution is 5.93. The zero-order chi connectivity index (χ0) is 26.6. The first-order valence-electron chi connectivity index (χ1n) is 12.2. The summed E-state index contributed by atoms with van der Waals surface area (Å²) in [6.07, 6.45) is 2.59. The van der Waals surface area contributed by atoms with E-state index in [9.17, 15) is 18.8 Å². The first-order chi connectivity index (χ1) is 18.5.